The number of hydrogen-bond donors (Lipinski definition) is 3. The molecule has 0 aliphatic heterocycles. The molecule has 1 aromatic rings. The van der Waals surface area contributed by atoms with Gasteiger partial charge < -0.3 is 10.4 Å². The van der Waals surface area contributed by atoms with Crippen molar-refractivity contribution in [3.8, 4) is 5.75 Å². The molecule has 8 heteroatoms. The fourth-order valence-electron chi connectivity index (χ4n) is 0.980. The summed E-state index contributed by atoms with van der Waals surface area (Å²) in [6.45, 7) is -0.112. The van der Waals surface area contributed by atoms with Crippen LogP contribution in [-0.2, 0) is 10.0 Å². The minimum Gasteiger partial charge on any atom is -0.505 e. The predicted octanol–water partition coefficient (Wildman–Crippen LogP) is -1.19. The van der Waals surface area contributed by atoms with E-state index in [1.807, 2.05) is 0 Å². The first-order valence-electron chi connectivity index (χ1n) is 4.32. The maximum Gasteiger partial charge on any atom is 0.255 e. The molecular weight excluding hydrogens is 234 g/mol. The van der Waals surface area contributed by atoms with Crippen molar-refractivity contribution < 1.29 is 18.3 Å². The summed E-state index contributed by atoms with van der Waals surface area (Å²) in [5.74, 6) is -1.20. The number of primary sulfonamides is 1. The van der Waals surface area contributed by atoms with E-state index in [2.05, 4.69) is 10.3 Å². The highest BCUT2D eigenvalue weighted by Crippen LogP contribution is 2.12. The van der Waals surface area contributed by atoms with Gasteiger partial charge in [-0.1, -0.05) is 0 Å². The van der Waals surface area contributed by atoms with Crippen LogP contribution in [-0.4, -0.2) is 36.7 Å². The van der Waals surface area contributed by atoms with Crippen LogP contribution in [0.4, 0.5) is 0 Å². The lowest BCUT2D eigenvalue weighted by Crippen LogP contribution is -2.31. The average Bonchev–Trinajstić information content (AvgIpc) is 2.16. The molecule has 0 spiro atoms. The normalized spacial score (nSPS) is 11.1. The van der Waals surface area contributed by atoms with Crippen LogP contribution >= 0.6 is 0 Å². The third-order valence-corrected chi connectivity index (χ3v) is 2.49. The maximum atomic E-state index is 11.4. The van der Waals surface area contributed by atoms with E-state index in [1.54, 1.807) is 0 Å². The van der Waals surface area contributed by atoms with Crippen molar-refractivity contribution in [2.24, 2.45) is 5.14 Å². The number of aromatic nitrogens is 1. The van der Waals surface area contributed by atoms with Crippen LogP contribution < -0.4 is 10.5 Å². The summed E-state index contributed by atoms with van der Waals surface area (Å²) in [6, 6.07) is 1.32. The minimum absolute atomic E-state index is 0.0319. The van der Waals surface area contributed by atoms with Crippen LogP contribution in [0.25, 0.3) is 0 Å². The molecule has 88 valence electrons. The lowest BCUT2D eigenvalue weighted by atomic mass is 10.2. The lowest BCUT2D eigenvalue weighted by molar-refractivity contribution is 0.0953. The largest absolute Gasteiger partial charge is 0.505 e. The minimum atomic E-state index is -3.60. The van der Waals surface area contributed by atoms with Gasteiger partial charge in [0.1, 0.15) is 5.75 Å². The molecule has 0 fully saturated rings. The number of carbonyl (C=O) groups excluding carboxylic acids is 1. The quantitative estimate of drug-likeness (QED) is 0.615. The van der Waals surface area contributed by atoms with Gasteiger partial charge in [0.05, 0.1) is 17.5 Å². The van der Waals surface area contributed by atoms with Gasteiger partial charge >= 0.3 is 0 Å². The Kier molecular flexibility index (Phi) is 3.80. The Hall–Kier alpha value is -1.67. The summed E-state index contributed by atoms with van der Waals surface area (Å²) in [5, 5.41) is 16.3. The Morgan fingerprint density at radius 3 is 2.81 bits per heavy atom. The van der Waals surface area contributed by atoms with Crippen molar-refractivity contribution in [2.75, 3.05) is 12.3 Å². The summed E-state index contributed by atoms with van der Waals surface area (Å²) in [4.78, 5) is 15.0. The average molecular weight is 245 g/mol. The summed E-state index contributed by atoms with van der Waals surface area (Å²) < 4.78 is 21.2. The zero-order valence-electron chi connectivity index (χ0n) is 8.25. The second-order valence-electron chi connectivity index (χ2n) is 3.02. The van der Waals surface area contributed by atoms with Crippen molar-refractivity contribution in [1.29, 1.82) is 0 Å². The number of nitrogens with zero attached hydrogens (tertiary/aromatic N) is 1. The molecule has 0 saturated heterocycles. The van der Waals surface area contributed by atoms with Crippen LogP contribution in [0.2, 0.25) is 0 Å². The Labute approximate surface area is 92.4 Å². The molecular formula is C8H11N3O4S. The van der Waals surface area contributed by atoms with Crippen LogP contribution in [0, 0.1) is 0 Å². The molecule has 1 amide bonds. The van der Waals surface area contributed by atoms with Gasteiger partial charge in [0, 0.05) is 12.7 Å². The van der Waals surface area contributed by atoms with Gasteiger partial charge in [0.25, 0.3) is 5.91 Å². The molecule has 0 aliphatic rings. The summed E-state index contributed by atoms with van der Waals surface area (Å²) >= 11 is 0. The monoisotopic (exact) mass is 245 g/mol. The zero-order chi connectivity index (χ0) is 12.2. The third kappa shape index (κ3) is 3.83. The Balaban J connectivity index is 2.57. The van der Waals surface area contributed by atoms with Gasteiger partial charge in [-0.05, 0) is 6.07 Å². The number of aromatic hydroxyl groups is 1. The molecule has 16 heavy (non-hydrogen) atoms. The zero-order valence-corrected chi connectivity index (χ0v) is 9.07. The second-order valence-corrected chi connectivity index (χ2v) is 4.75. The Bertz CT molecular complexity index is 486. The van der Waals surface area contributed by atoms with Gasteiger partial charge in [0.2, 0.25) is 10.0 Å². The van der Waals surface area contributed by atoms with E-state index >= 15 is 0 Å². The molecule has 1 rings (SSSR count). The van der Waals surface area contributed by atoms with Gasteiger partial charge in [-0.25, -0.2) is 13.6 Å². The molecule has 1 heterocycles. The van der Waals surface area contributed by atoms with Crippen molar-refractivity contribution in [1.82, 2.24) is 10.3 Å². The topological polar surface area (TPSA) is 122 Å². The molecule has 0 aromatic carbocycles. The standard InChI is InChI=1S/C8H11N3O4S/c9-16(14,15)4-3-11-8(13)6-1-2-10-5-7(6)12/h1-2,5,12H,3-4H2,(H,11,13)(H2,9,14,15). The maximum absolute atomic E-state index is 11.4. The summed E-state index contributed by atoms with van der Waals surface area (Å²) in [6.07, 6.45) is 2.46. The smallest absolute Gasteiger partial charge is 0.255 e. The predicted molar refractivity (Wildman–Crippen MR) is 56.2 cm³/mol. The first-order valence-corrected chi connectivity index (χ1v) is 6.03. The lowest BCUT2D eigenvalue weighted by Gasteiger charge is -2.05. The van der Waals surface area contributed by atoms with Gasteiger partial charge in [-0.2, -0.15) is 0 Å². The van der Waals surface area contributed by atoms with Crippen molar-refractivity contribution in [3.05, 3.63) is 24.0 Å². The molecule has 0 atom stereocenters. The number of amides is 1. The van der Waals surface area contributed by atoms with Gasteiger partial charge in [-0.15, -0.1) is 0 Å². The van der Waals surface area contributed by atoms with Gasteiger partial charge in [0.15, 0.2) is 0 Å². The number of nitrogens with one attached hydrogen (secondary N) is 1. The molecule has 4 N–H and O–H groups in total. The van der Waals surface area contributed by atoms with Crippen LogP contribution in [0.1, 0.15) is 10.4 Å². The van der Waals surface area contributed by atoms with Crippen molar-refractivity contribution in [2.45, 2.75) is 0 Å². The van der Waals surface area contributed by atoms with Crippen molar-refractivity contribution >= 4 is 15.9 Å². The van der Waals surface area contributed by atoms with Crippen LogP contribution in [0.3, 0.4) is 0 Å². The van der Waals surface area contributed by atoms with E-state index in [-0.39, 0.29) is 23.6 Å². The molecule has 0 aliphatic carbocycles. The summed E-state index contributed by atoms with van der Waals surface area (Å²) in [5.41, 5.74) is 0.0319. The van der Waals surface area contributed by atoms with Crippen LogP contribution in [0.5, 0.6) is 5.75 Å². The molecule has 0 radical (unpaired) electrons. The van der Waals surface area contributed by atoms with Crippen LogP contribution in [0.15, 0.2) is 18.5 Å². The molecule has 0 bridgehead atoms. The van der Waals surface area contributed by atoms with E-state index in [0.29, 0.717) is 0 Å². The number of sulfonamides is 1. The highest BCUT2D eigenvalue weighted by atomic mass is 32.2. The second kappa shape index (κ2) is 4.90. The first kappa shape index (κ1) is 12.4. The van der Waals surface area contributed by atoms with E-state index < -0.39 is 15.9 Å². The third-order valence-electron chi connectivity index (χ3n) is 1.72. The van der Waals surface area contributed by atoms with E-state index in [1.165, 1.54) is 12.3 Å². The highest BCUT2D eigenvalue weighted by molar-refractivity contribution is 7.89. The number of hydrogen-bond acceptors (Lipinski definition) is 5. The van der Waals surface area contributed by atoms with E-state index in [9.17, 15) is 18.3 Å². The fourth-order valence-corrected chi connectivity index (χ4v) is 1.37. The number of nitrogens with two attached hydrogens (primary N) is 1. The first-order chi connectivity index (χ1) is 7.40. The molecule has 7 nitrogen and oxygen atoms in total. The fraction of sp³-hybridized carbons (Fsp3) is 0.250. The Morgan fingerprint density at radius 2 is 2.25 bits per heavy atom. The number of rotatable bonds is 4. The number of pyridine rings is 1. The van der Waals surface area contributed by atoms with E-state index in [0.717, 1.165) is 6.20 Å². The highest BCUT2D eigenvalue weighted by Gasteiger charge is 2.11. The van der Waals surface area contributed by atoms with E-state index in [4.69, 9.17) is 5.14 Å². The molecule has 1 aromatic heterocycles. The van der Waals surface area contributed by atoms with Gasteiger partial charge in [-0.3, -0.25) is 9.78 Å². The van der Waals surface area contributed by atoms with Crippen molar-refractivity contribution in [3.63, 3.8) is 0 Å². The number of carbonyl (C=O) groups is 1. The summed E-state index contributed by atoms with van der Waals surface area (Å²) in [7, 11) is -3.60. The SMILES string of the molecule is NS(=O)(=O)CCNC(=O)c1ccncc1O. The molecule has 0 unspecified atom stereocenters. The Morgan fingerprint density at radius 1 is 1.56 bits per heavy atom. The molecule has 0 saturated carbocycles.